The van der Waals surface area contributed by atoms with Gasteiger partial charge in [-0.2, -0.15) is 0 Å². The molecule has 1 rings (SSSR count). The molecule has 0 spiro atoms. The molecule has 0 saturated carbocycles. The summed E-state index contributed by atoms with van der Waals surface area (Å²) in [5, 5.41) is 32.3. The van der Waals surface area contributed by atoms with E-state index in [2.05, 4.69) is 13.8 Å². The molecule has 1 aliphatic rings. The van der Waals surface area contributed by atoms with Gasteiger partial charge >= 0.3 is 6.15 Å². The number of nitriles is 4. The van der Waals surface area contributed by atoms with Gasteiger partial charge in [-0.25, -0.2) is 21.0 Å². The van der Waals surface area contributed by atoms with Crippen molar-refractivity contribution in [1.82, 2.24) is 0 Å². The largest absolute Gasteiger partial charge is 0.383 e. The van der Waals surface area contributed by atoms with E-state index in [1.54, 1.807) is 0 Å². The fourth-order valence-electron chi connectivity index (χ4n) is 2.55. The molecular formula is C15H24BN5. The van der Waals surface area contributed by atoms with Crippen LogP contribution in [0.5, 0.6) is 0 Å². The first-order chi connectivity index (χ1) is 10.1. The zero-order valence-corrected chi connectivity index (χ0v) is 13.2. The summed E-state index contributed by atoms with van der Waals surface area (Å²) in [5.74, 6) is 5.38. The Morgan fingerprint density at radius 2 is 1.33 bits per heavy atom. The quantitative estimate of drug-likeness (QED) is 0.585. The number of rotatable bonds is 4. The molecule has 21 heavy (non-hydrogen) atoms. The average Bonchev–Trinajstić information content (AvgIpc) is 2.57. The monoisotopic (exact) mass is 285 g/mol. The molecule has 0 aromatic rings. The second-order valence-electron chi connectivity index (χ2n) is 5.63. The smallest absolute Gasteiger partial charge is 0.324 e. The predicted octanol–water partition coefficient (Wildman–Crippen LogP) is 2.49. The zero-order valence-electron chi connectivity index (χ0n) is 13.2. The minimum absolute atomic E-state index is 1.34. The fraction of sp³-hybridized carbons (Fsp3) is 0.733. The first kappa shape index (κ1) is 19.0. The fourth-order valence-corrected chi connectivity index (χ4v) is 2.55. The van der Waals surface area contributed by atoms with Crippen molar-refractivity contribution in [2.45, 2.75) is 46.0 Å². The van der Waals surface area contributed by atoms with E-state index < -0.39 is 6.15 Å². The lowest BCUT2D eigenvalue weighted by Crippen LogP contribution is -2.51. The average molecular weight is 285 g/mol. The molecule has 0 aromatic carbocycles. The Labute approximate surface area is 128 Å². The number of piperidine rings is 1. The van der Waals surface area contributed by atoms with Crippen molar-refractivity contribution >= 4 is 6.15 Å². The van der Waals surface area contributed by atoms with Crippen molar-refractivity contribution in [2.75, 3.05) is 26.2 Å². The maximum atomic E-state index is 8.09. The molecule has 0 unspecified atom stereocenters. The topological polar surface area (TPSA) is 95.2 Å². The van der Waals surface area contributed by atoms with Crippen LogP contribution in [-0.4, -0.2) is 36.8 Å². The van der Waals surface area contributed by atoms with E-state index in [9.17, 15) is 0 Å². The van der Waals surface area contributed by atoms with Crippen LogP contribution in [0.1, 0.15) is 46.0 Å². The highest BCUT2D eigenvalue weighted by Crippen LogP contribution is 2.19. The summed E-state index contributed by atoms with van der Waals surface area (Å²) in [5.41, 5.74) is 0. The van der Waals surface area contributed by atoms with Gasteiger partial charge in [-0.1, -0.05) is 13.3 Å². The number of unbranched alkanes of at least 4 members (excludes halogenated alkanes) is 1. The molecule has 0 aliphatic carbocycles. The maximum Gasteiger partial charge on any atom is 0.383 e. The highest BCUT2D eigenvalue weighted by molar-refractivity contribution is 7.05. The molecule has 0 aromatic heterocycles. The SMILES string of the molecule is CCCC[N+]1(CC)CCCCC1.N#C[B-](C#N)(C#N)C#N. The van der Waals surface area contributed by atoms with Crippen molar-refractivity contribution in [1.29, 1.82) is 21.0 Å². The van der Waals surface area contributed by atoms with Gasteiger partial charge in [0.1, 0.15) is 0 Å². The first-order valence-corrected chi connectivity index (χ1v) is 7.73. The normalized spacial score (nSPS) is 16.1. The van der Waals surface area contributed by atoms with E-state index in [-0.39, 0.29) is 0 Å². The molecule has 112 valence electrons. The van der Waals surface area contributed by atoms with Crippen molar-refractivity contribution in [3.8, 4) is 23.9 Å². The summed E-state index contributed by atoms with van der Waals surface area (Å²) in [6.45, 7) is 10.4. The second-order valence-corrected chi connectivity index (χ2v) is 5.63. The van der Waals surface area contributed by atoms with Gasteiger partial charge in [-0.05, 0) is 32.6 Å². The molecule has 1 aliphatic heterocycles. The summed E-state index contributed by atoms with van der Waals surface area (Å²) in [4.78, 5) is 0. The highest BCUT2D eigenvalue weighted by atomic mass is 15.3. The van der Waals surface area contributed by atoms with Gasteiger partial charge in [0.25, 0.3) is 0 Å². The molecular weight excluding hydrogens is 261 g/mol. The molecule has 0 bridgehead atoms. The van der Waals surface area contributed by atoms with Gasteiger partial charge in [-0.15, -0.1) is 23.9 Å². The minimum atomic E-state index is -2.72. The van der Waals surface area contributed by atoms with Crippen LogP contribution in [0.3, 0.4) is 0 Å². The third kappa shape index (κ3) is 5.87. The summed E-state index contributed by atoms with van der Waals surface area (Å²) < 4.78 is 1.42. The van der Waals surface area contributed by atoms with Crippen LogP contribution in [0, 0.1) is 44.9 Å². The van der Waals surface area contributed by atoms with E-state index in [0.717, 1.165) is 0 Å². The second kappa shape index (κ2) is 9.82. The number of nitrogens with zero attached hydrogens (tertiary/aromatic N) is 5. The van der Waals surface area contributed by atoms with Crippen LogP contribution in [0.25, 0.3) is 0 Å². The van der Waals surface area contributed by atoms with Crippen LogP contribution < -0.4 is 0 Å². The Kier molecular flexibility index (Phi) is 8.88. The Balaban J connectivity index is 0.000000400. The van der Waals surface area contributed by atoms with E-state index in [1.807, 2.05) is 0 Å². The van der Waals surface area contributed by atoms with Crippen molar-refractivity contribution in [3.05, 3.63) is 0 Å². The summed E-state index contributed by atoms with van der Waals surface area (Å²) >= 11 is 0. The molecule has 1 saturated heterocycles. The number of hydrogen-bond donors (Lipinski definition) is 0. The lowest BCUT2D eigenvalue weighted by atomic mass is 9.30. The zero-order chi connectivity index (χ0) is 16.2. The van der Waals surface area contributed by atoms with Crippen LogP contribution in [-0.2, 0) is 0 Å². The van der Waals surface area contributed by atoms with Crippen molar-refractivity contribution < 1.29 is 4.48 Å². The molecule has 0 amide bonds. The molecule has 0 N–H and O–H groups in total. The molecule has 6 heteroatoms. The number of likely N-dealkylation sites (tertiary alicyclic amines) is 1. The first-order valence-electron chi connectivity index (χ1n) is 7.73. The Bertz CT molecular complexity index is 407. The lowest BCUT2D eigenvalue weighted by Gasteiger charge is -2.40. The van der Waals surface area contributed by atoms with E-state index in [1.165, 1.54) is 86.6 Å². The predicted molar refractivity (Wildman–Crippen MR) is 82.4 cm³/mol. The third-order valence-corrected chi connectivity index (χ3v) is 4.20. The standard InChI is InChI=1S/C11H24N.C4BN4/c1-3-5-9-12(4-2)10-7-6-8-11-12;6-1-5(2-7,3-8)4-9/h3-11H2,1-2H3;/q+1;-1. The maximum absolute atomic E-state index is 8.09. The van der Waals surface area contributed by atoms with Crippen molar-refractivity contribution in [3.63, 3.8) is 0 Å². The van der Waals surface area contributed by atoms with Crippen LogP contribution in [0.15, 0.2) is 0 Å². The molecule has 0 radical (unpaired) electrons. The van der Waals surface area contributed by atoms with Crippen LogP contribution >= 0.6 is 0 Å². The van der Waals surface area contributed by atoms with Gasteiger partial charge < -0.3 is 4.48 Å². The van der Waals surface area contributed by atoms with E-state index >= 15 is 0 Å². The van der Waals surface area contributed by atoms with Gasteiger partial charge in [0.05, 0.1) is 26.2 Å². The van der Waals surface area contributed by atoms with Crippen LogP contribution in [0.2, 0.25) is 0 Å². The minimum Gasteiger partial charge on any atom is -0.324 e. The Hall–Kier alpha value is -2.02. The Morgan fingerprint density at radius 3 is 1.62 bits per heavy atom. The molecule has 5 nitrogen and oxygen atoms in total. The number of hydrogen-bond acceptors (Lipinski definition) is 4. The van der Waals surface area contributed by atoms with Crippen molar-refractivity contribution in [2.24, 2.45) is 0 Å². The Morgan fingerprint density at radius 1 is 0.857 bits per heavy atom. The lowest BCUT2D eigenvalue weighted by molar-refractivity contribution is -0.931. The van der Waals surface area contributed by atoms with Gasteiger partial charge in [0.15, 0.2) is 0 Å². The number of quaternary nitrogens is 1. The van der Waals surface area contributed by atoms with Gasteiger partial charge in [0.2, 0.25) is 0 Å². The summed E-state index contributed by atoms with van der Waals surface area (Å²) in [6.07, 6.45) is 4.48. The van der Waals surface area contributed by atoms with Gasteiger partial charge in [0, 0.05) is 0 Å². The van der Waals surface area contributed by atoms with E-state index in [0.29, 0.717) is 0 Å². The summed E-state index contributed by atoms with van der Waals surface area (Å²) in [6, 6.07) is 0. The molecule has 0 atom stereocenters. The highest BCUT2D eigenvalue weighted by Gasteiger charge is 2.26. The van der Waals surface area contributed by atoms with E-state index in [4.69, 9.17) is 21.0 Å². The van der Waals surface area contributed by atoms with Crippen LogP contribution in [0.4, 0.5) is 0 Å². The molecule has 1 fully saturated rings. The summed E-state index contributed by atoms with van der Waals surface area (Å²) in [7, 11) is 0. The molecule has 1 heterocycles. The van der Waals surface area contributed by atoms with Gasteiger partial charge in [-0.3, -0.25) is 0 Å². The third-order valence-electron chi connectivity index (χ3n) is 4.20.